The Kier molecular flexibility index (Phi) is 4.17. The van der Waals surface area contributed by atoms with Gasteiger partial charge in [-0.25, -0.2) is 0 Å². The first-order valence-electron chi connectivity index (χ1n) is 5.88. The van der Waals surface area contributed by atoms with E-state index in [1.807, 2.05) is 24.8 Å². The second-order valence-electron chi connectivity index (χ2n) is 4.50. The van der Waals surface area contributed by atoms with Crippen LogP contribution in [0.25, 0.3) is 0 Å². The third kappa shape index (κ3) is 2.93. The summed E-state index contributed by atoms with van der Waals surface area (Å²) in [5.41, 5.74) is 6.94. The summed E-state index contributed by atoms with van der Waals surface area (Å²) < 4.78 is 0. The number of thioether (sulfide) groups is 1. The molecule has 1 aromatic carbocycles. The minimum Gasteiger partial charge on any atom is -0.324 e. The molecule has 0 saturated heterocycles. The summed E-state index contributed by atoms with van der Waals surface area (Å²) in [5.74, 6) is 0. The highest BCUT2D eigenvalue weighted by Gasteiger charge is 2.17. The highest BCUT2D eigenvalue weighted by Crippen LogP contribution is 2.38. The fourth-order valence-electron chi connectivity index (χ4n) is 2.08. The topological polar surface area (TPSA) is 26.0 Å². The summed E-state index contributed by atoms with van der Waals surface area (Å²) in [4.78, 5) is 1.21. The van der Waals surface area contributed by atoms with E-state index in [1.54, 1.807) is 0 Å². The largest absolute Gasteiger partial charge is 0.324 e. The first-order chi connectivity index (χ1) is 7.66. The fraction of sp³-hybridized carbons (Fsp3) is 0.538. The molecule has 1 nitrogen and oxygen atoms in total. The van der Waals surface area contributed by atoms with E-state index in [-0.39, 0.29) is 6.04 Å². The summed E-state index contributed by atoms with van der Waals surface area (Å²) in [6, 6.07) is 6.27. The molecule has 0 amide bonds. The van der Waals surface area contributed by atoms with Gasteiger partial charge in [0.15, 0.2) is 0 Å². The Hall–Kier alpha value is -0.180. The molecule has 1 unspecified atom stereocenters. The van der Waals surface area contributed by atoms with Crippen LogP contribution in [0.5, 0.6) is 0 Å². The number of nitrogens with two attached hydrogens (primary N) is 1. The van der Waals surface area contributed by atoms with Crippen LogP contribution in [0.1, 0.15) is 44.2 Å². The van der Waals surface area contributed by atoms with Gasteiger partial charge in [-0.2, -0.15) is 0 Å². The van der Waals surface area contributed by atoms with Crippen molar-refractivity contribution < 1.29 is 0 Å². The number of benzene rings is 1. The summed E-state index contributed by atoms with van der Waals surface area (Å²) >= 11 is 8.20. The smallest absolute Gasteiger partial charge is 0.0545 e. The molecular weight excluding hydrogens is 238 g/mol. The van der Waals surface area contributed by atoms with Crippen LogP contribution in [0, 0.1) is 0 Å². The molecule has 0 bridgehead atoms. The van der Waals surface area contributed by atoms with E-state index in [9.17, 15) is 0 Å². The van der Waals surface area contributed by atoms with Crippen LogP contribution in [-0.4, -0.2) is 5.25 Å². The molecule has 0 aliphatic heterocycles. The van der Waals surface area contributed by atoms with Gasteiger partial charge < -0.3 is 5.73 Å². The van der Waals surface area contributed by atoms with Gasteiger partial charge in [-0.3, -0.25) is 0 Å². The number of halogens is 1. The molecule has 0 heterocycles. The molecule has 1 fully saturated rings. The first-order valence-corrected chi connectivity index (χ1v) is 7.14. The van der Waals surface area contributed by atoms with Crippen molar-refractivity contribution >= 4 is 23.4 Å². The highest BCUT2D eigenvalue weighted by molar-refractivity contribution is 8.00. The average Bonchev–Trinajstić information content (AvgIpc) is 2.73. The fourth-order valence-corrected chi connectivity index (χ4v) is 3.65. The van der Waals surface area contributed by atoms with Gasteiger partial charge in [-0.1, -0.05) is 30.5 Å². The lowest BCUT2D eigenvalue weighted by atomic mass is 10.1. The van der Waals surface area contributed by atoms with Crippen molar-refractivity contribution in [1.29, 1.82) is 0 Å². The van der Waals surface area contributed by atoms with Gasteiger partial charge in [-0.05, 0) is 37.5 Å². The zero-order valence-corrected chi connectivity index (χ0v) is 11.2. The van der Waals surface area contributed by atoms with Gasteiger partial charge in [0.1, 0.15) is 0 Å². The van der Waals surface area contributed by atoms with E-state index >= 15 is 0 Å². The quantitative estimate of drug-likeness (QED) is 0.867. The van der Waals surface area contributed by atoms with Crippen molar-refractivity contribution in [2.24, 2.45) is 5.73 Å². The minimum atomic E-state index is 0.0584. The molecule has 2 rings (SSSR count). The third-order valence-electron chi connectivity index (χ3n) is 3.08. The SMILES string of the molecule is CC(N)c1ccc(SC2CCCC2)c(Cl)c1. The highest BCUT2D eigenvalue weighted by atomic mass is 35.5. The van der Waals surface area contributed by atoms with Gasteiger partial charge in [0.05, 0.1) is 5.02 Å². The molecule has 1 aliphatic carbocycles. The van der Waals surface area contributed by atoms with Gasteiger partial charge in [0.25, 0.3) is 0 Å². The van der Waals surface area contributed by atoms with Crippen LogP contribution in [0.4, 0.5) is 0 Å². The molecule has 0 aromatic heterocycles. The van der Waals surface area contributed by atoms with E-state index in [1.165, 1.54) is 30.6 Å². The molecule has 1 atom stereocenters. The Morgan fingerprint density at radius 3 is 2.62 bits per heavy atom. The van der Waals surface area contributed by atoms with Crippen molar-refractivity contribution in [3.05, 3.63) is 28.8 Å². The van der Waals surface area contributed by atoms with Crippen molar-refractivity contribution in [3.8, 4) is 0 Å². The Labute approximate surface area is 107 Å². The molecule has 16 heavy (non-hydrogen) atoms. The third-order valence-corrected chi connectivity index (χ3v) is 4.92. The standard InChI is InChI=1S/C13H18ClNS/c1-9(15)10-6-7-13(12(14)8-10)16-11-4-2-3-5-11/h6-9,11H,2-5,15H2,1H3. The minimum absolute atomic E-state index is 0.0584. The molecular formula is C13H18ClNS. The monoisotopic (exact) mass is 255 g/mol. The lowest BCUT2D eigenvalue weighted by Crippen LogP contribution is -2.04. The van der Waals surface area contributed by atoms with Gasteiger partial charge in [-0.15, -0.1) is 11.8 Å². The van der Waals surface area contributed by atoms with Crippen molar-refractivity contribution in [3.63, 3.8) is 0 Å². The van der Waals surface area contributed by atoms with E-state index in [0.29, 0.717) is 0 Å². The molecule has 1 aliphatic rings. The summed E-state index contributed by atoms with van der Waals surface area (Å²) in [5, 5.41) is 1.62. The summed E-state index contributed by atoms with van der Waals surface area (Å²) in [6.07, 6.45) is 5.40. The lowest BCUT2D eigenvalue weighted by molar-refractivity contribution is 0.816. The predicted molar refractivity (Wildman–Crippen MR) is 72.2 cm³/mol. The van der Waals surface area contributed by atoms with Gasteiger partial charge in [0.2, 0.25) is 0 Å². The molecule has 0 radical (unpaired) electrons. The molecule has 1 saturated carbocycles. The van der Waals surface area contributed by atoms with E-state index in [4.69, 9.17) is 17.3 Å². The van der Waals surface area contributed by atoms with Crippen LogP contribution in [0.2, 0.25) is 5.02 Å². The van der Waals surface area contributed by atoms with Crippen LogP contribution in [0.15, 0.2) is 23.1 Å². The molecule has 3 heteroatoms. The maximum atomic E-state index is 6.28. The molecule has 1 aromatic rings. The second kappa shape index (κ2) is 5.44. The van der Waals surface area contributed by atoms with Gasteiger partial charge >= 0.3 is 0 Å². The summed E-state index contributed by atoms with van der Waals surface area (Å²) in [6.45, 7) is 1.98. The maximum absolute atomic E-state index is 6.28. The zero-order valence-electron chi connectivity index (χ0n) is 9.58. The molecule has 88 valence electrons. The van der Waals surface area contributed by atoms with Crippen molar-refractivity contribution in [1.82, 2.24) is 0 Å². The Balaban J connectivity index is 2.09. The van der Waals surface area contributed by atoms with Gasteiger partial charge in [0, 0.05) is 16.2 Å². The Morgan fingerprint density at radius 1 is 1.38 bits per heavy atom. The summed E-state index contributed by atoms with van der Waals surface area (Å²) in [7, 11) is 0. The number of hydrogen-bond donors (Lipinski definition) is 1. The van der Waals surface area contributed by atoms with E-state index < -0.39 is 0 Å². The van der Waals surface area contributed by atoms with Crippen molar-refractivity contribution in [2.45, 2.75) is 48.8 Å². The number of hydrogen-bond acceptors (Lipinski definition) is 2. The second-order valence-corrected chi connectivity index (χ2v) is 6.25. The lowest BCUT2D eigenvalue weighted by Gasteiger charge is -2.12. The van der Waals surface area contributed by atoms with Crippen molar-refractivity contribution in [2.75, 3.05) is 0 Å². The maximum Gasteiger partial charge on any atom is 0.0545 e. The molecule has 2 N–H and O–H groups in total. The normalized spacial score (nSPS) is 18.9. The van der Waals surface area contributed by atoms with E-state index in [2.05, 4.69) is 12.1 Å². The predicted octanol–water partition coefficient (Wildman–Crippen LogP) is 4.39. The van der Waals surface area contributed by atoms with Crippen LogP contribution in [-0.2, 0) is 0 Å². The van der Waals surface area contributed by atoms with Crippen LogP contribution < -0.4 is 5.73 Å². The van der Waals surface area contributed by atoms with E-state index in [0.717, 1.165) is 15.8 Å². The average molecular weight is 256 g/mol. The zero-order chi connectivity index (χ0) is 11.5. The Bertz CT molecular complexity index is 359. The Morgan fingerprint density at radius 2 is 2.06 bits per heavy atom. The molecule has 0 spiro atoms. The van der Waals surface area contributed by atoms with Crippen LogP contribution >= 0.6 is 23.4 Å². The van der Waals surface area contributed by atoms with Crippen LogP contribution in [0.3, 0.4) is 0 Å². The number of rotatable bonds is 3. The first kappa shape index (κ1) is 12.3.